The zero-order valence-electron chi connectivity index (χ0n) is 14.1. The summed E-state index contributed by atoms with van der Waals surface area (Å²) in [6, 6.07) is 15.6. The number of nitrogens with zero attached hydrogens (tertiary/aromatic N) is 2. The van der Waals surface area contributed by atoms with E-state index >= 15 is 0 Å². The lowest BCUT2D eigenvalue weighted by molar-refractivity contribution is -0.142. The zero-order valence-corrected chi connectivity index (χ0v) is 14.9. The summed E-state index contributed by atoms with van der Waals surface area (Å²) < 4.78 is 12.8. The van der Waals surface area contributed by atoms with Crippen LogP contribution >= 0.6 is 11.3 Å². The number of para-hydroxylation sites is 3. The van der Waals surface area contributed by atoms with Crippen LogP contribution in [0.4, 0.5) is 0 Å². The predicted molar refractivity (Wildman–Crippen MR) is 99.7 cm³/mol. The van der Waals surface area contributed by atoms with Gasteiger partial charge in [-0.05, 0) is 37.1 Å². The molecule has 0 bridgehead atoms. The maximum atomic E-state index is 13.1. The van der Waals surface area contributed by atoms with E-state index in [1.54, 1.807) is 11.3 Å². The summed E-state index contributed by atoms with van der Waals surface area (Å²) in [6.45, 7) is 0.986. The fourth-order valence-corrected chi connectivity index (χ4v) is 4.76. The second kappa shape index (κ2) is 6.29. The lowest BCUT2D eigenvalue weighted by atomic mass is 10.2. The Morgan fingerprint density at radius 2 is 1.92 bits per heavy atom. The highest BCUT2D eigenvalue weighted by Crippen LogP contribution is 2.38. The van der Waals surface area contributed by atoms with Gasteiger partial charge < -0.3 is 14.4 Å². The van der Waals surface area contributed by atoms with Crippen LogP contribution in [0.1, 0.15) is 23.9 Å². The summed E-state index contributed by atoms with van der Waals surface area (Å²) >= 11 is 1.67. The Morgan fingerprint density at radius 1 is 1.12 bits per heavy atom. The Morgan fingerprint density at radius 3 is 2.81 bits per heavy atom. The van der Waals surface area contributed by atoms with Crippen molar-refractivity contribution in [2.45, 2.75) is 25.0 Å². The van der Waals surface area contributed by atoms with Crippen molar-refractivity contribution in [3.8, 4) is 11.5 Å². The number of hydrogen-bond donors (Lipinski definition) is 0. The number of benzene rings is 2. The SMILES string of the molecule is O=C([C@@H]1COc2ccccc2O1)N1CCC[C@H]1c1nc2ccccc2s1. The molecule has 0 spiro atoms. The van der Waals surface area contributed by atoms with Crippen LogP contribution in [-0.2, 0) is 4.79 Å². The Kier molecular flexibility index (Phi) is 3.78. The molecule has 0 aliphatic carbocycles. The molecule has 1 aromatic heterocycles. The number of hydrogen-bond acceptors (Lipinski definition) is 5. The summed E-state index contributed by atoms with van der Waals surface area (Å²) in [5, 5.41) is 1.01. The van der Waals surface area contributed by atoms with Crippen LogP contribution in [0.5, 0.6) is 11.5 Å². The molecule has 1 amide bonds. The largest absolute Gasteiger partial charge is 0.485 e. The summed E-state index contributed by atoms with van der Waals surface area (Å²) in [5.41, 5.74) is 0.998. The quantitative estimate of drug-likeness (QED) is 0.692. The standard InChI is InChI=1S/C20H18N2O3S/c23-20(17-12-24-15-8-2-3-9-16(15)25-17)22-11-5-7-14(22)19-21-13-6-1-4-10-18(13)26-19/h1-4,6,8-10,14,17H,5,7,11-12H2/t14-,17-/m0/s1. The van der Waals surface area contributed by atoms with Crippen LogP contribution in [-0.4, -0.2) is 35.0 Å². The van der Waals surface area contributed by atoms with Gasteiger partial charge in [-0.3, -0.25) is 4.79 Å². The molecule has 26 heavy (non-hydrogen) atoms. The highest BCUT2D eigenvalue weighted by Gasteiger charge is 2.38. The summed E-state index contributed by atoms with van der Waals surface area (Å²) in [7, 11) is 0. The summed E-state index contributed by atoms with van der Waals surface area (Å²) in [4.78, 5) is 19.8. The van der Waals surface area contributed by atoms with Gasteiger partial charge in [-0.25, -0.2) is 4.98 Å². The maximum Gasteiger partial charge on any atom is 0.267 e. The van der Waals surface area contributed by atoms with Gasteiger partial charge in [-0.1, -0.05) is 24.3 Å². The van der Waals surface area contributed by atoms with Crippen molar-refractivity contribution >= 4 is 27.5 Å². The minimum atomic E-state index is -0.597. The molecule has 0 saturated carbocycles. The van der Waals surface area contributed by atoms with Gasteiger partial charge in [0, 0.05) is 6.54 Å². The van der Waals surface area contributed by atoms with Crippen LogP contribution in [0.15, 0.2) is 48.5 Å². The molecule has 1 saturated heterocycles. The fourth-order valence-electron chi connectivity index (χ4n) is 3.65. The molecule has 0 unspecified atom stereocenters. The molecule has 2 aliphatic heterocycles. The number of rotatable bonds is 2. The van der Waals surface area contributed by atoms with E-state index < -0.39 is 6.10 Å². The number of carbonyl (C=O) groups is 1. The number of likely N-dealkylation sites (tertiary alicyclic amines) is 1. The highest BCUT2D eigenvalue weighted by atomic mass is 32.1. The average Bonchev–Trinajstić information content (AvgIpc) is 3.33. The van der Waals surface area contributed by atoms with Crippen LogP contribution in [0.2, 0.25) is 0 Å². The van der Waals surface area contributed by atoms with Gasteiger partial charge in [0.25, 0.3) is 5.91 Å². The van der Waals surface area contributed by atoms with E-state index in [-0.39, 0.29) is 18.6 Å². The lowest BCUT2D eigenvalue weighted by Gasteiger charge is -2.31. The van der Waals surface area contributed by atoms with Crippen molar-refractivity contribution in [3.63, 3.8) is 0 Å². The van der Waals surface area contributed by atoms with Gasteiger partial charge >= 0.3 is 0 Å². The van der Waals surface area contributed by atoms with Crippen molar-refractivity contribution < 1.29 is 14.3 Å². The second-order valence-electron chi connectivity index (χ2n) is 6.57. The van der Waals surface area contributed by atoms with Crippen LogP contribution in [0, 0.1) is 0 Å². The van der Waals surface area contributed by atoms with E-state index in [9.17, 15) is 4.79 Å². The number of aromatic nitrogens is 1. The first kappa shape index (κ1) is 15.6. The van der Waals surface area contributed by atoms with Gasteiger partial charge in [0.2, 0.25) is 6.10 Å². The number of thiazole rings is 1. The Labute approximate surface area is 155 Å². The van der Waals surface area contributed by atoms with E-state index in [4.69, 9.17) is 14.5 Å². The van der Waals surface area contributed by atoms with E-state index in [0.717, 1.165) is 34.6 Å². The van der Waals surface area contributed by atoms with Crippen molar-refractivity contribution in [1.82, 2.24) is 9.88 Å². The van der Waals surface area contributed by atoms with E-state index in [2.05, 4.69) is 6.07 Å². The van der Waals surface area contributed by atoms with Gasteiger partial charge in [0.05, 0.1) is 16.3 Å². The molecular formula is C20H18N2O3S. The fraction of sp³-hybridized carbons (Fsp3) is 0.300. The number of fused-ring (bicyclic) bond motifs is 2. The zero-order chi connectivity index (χ0) is 17.5. The molecule has 5 nitrogen and oxygen atoms in total. The van der Waals surface area contributed by atoms with Crippen molar-refractivity contribution in [2.24, 2.45) is 0 Å². The number of ether oxygens (including phenoxy) is 2. The van der Waals surface area contributed by atoms with Gasteiger partial charge in [0.1, 0.15) is 11.6 Å². The topological polar surface area (TPSA) is 51.7 Å². The van der Waals surface area contributed by atoms with Gasteiger partial charge in [-0.15, -0.1) is 11.3 Å². The first-order chi connectivity index (χ1) is 12.8. The first-order valence-electron chi connectivity index (χ1n) is 8.84. The van der Waals surface area contributed by atoms with Crippen LogP contribution in [0.3, 0.4) is 0 Å². The Hall–Kier alpha value is -2.60. The van der Waals surface area contributed by atoms with E-state index in [1.165, 1.54) is 0 Å². The predicted octanol–water partition coefficient (Wildman–Crippen LogP) is 3.80. The normalized spacial score (nSPS) is 21.9. The molecule has 1 fully saturated rings. The molecule has 2 aromatic carbocycles. The molecule has 3 heterocycles. The summed E-state index contributed by atoms with van der Waals surface area (Å²) in [5.74, 6) is 1.31. The minimum Gasteiger partial charge on any atom is -0.485 e. The molecule has 0 radical (unpaired) electrons. The van der Waals surface area contributed by atoms with Crippen molar-refractivity contribution in [3.05, 3.63) is 53.5 Å². The van der Waals surface area contributed by atoms with E-state index in [1.807, 2.05) is 47.4 Å². The molecule has 6 heteroatoms. The molecular weight excluding hydrogens is 348 g/mol. The molecule has 132 valence electrons. The van der Waals surface area contributed by atoms with Gasteiger partial charge in [-0.2, -0.15) is 0 Å². The third-order valence-electron chi connectivity index (χ3n) is 4.92. The van der Waals surface area contributed by atoms with Crippen molar-refractivity contribution in [2.75, 3.05) is 13.2 Å². The highest BCUT2D eigenvalue weighted by molar-refractivity contribution is 7.18. The monoisotopic (exact) mass is 366 g/mol. The van der Waals surface area contributed by atoms with Crippen LogP contribution in [0.25, 0.3) is 10.2 Å². The Balaban J connectivity index is 1.39. The second-order valence-corrected chi connectivity index (χ2v) is 7.64. The van der Waals surface area contributed by atoms with E-state index in [0.29, 0.717) is 11.5 Å². The maximum absolute atomic E-state index is 13.1. The lowest BCUT2D eigenvalue weighted by Crippen LogP contribution is -2.46. The third kappa shape index (κ3) is 2.61. The van der Waals surface area contributed by atoms with Crippen LogP contribution < -0.4 is 9.47 Å². The number of amides is 1. The Bertz CT molecular complexity index is 937. The summed E-state index contributed by atoms with van der Waals surface area (Å²) in [6.07, 6.45) is 1.33. The molecule has 3 aromatic rings. The smallest absolute Gasteiger partial charge is 0.267 e. The molecule has 2 atom stereocenters. The minimum absolute atomic E-state index is 0.0127. The molecule has 2 aliphatic rings. The average molecular weight is 366 g/mol. The number of carbonyl (C=O) groups excluding carboxylic acids is 1. The van der Waals surface area contributed by atoms with Crippen molar-refractivity contribution in [1.29, 1.82) is 0 Å². The third-order valence-corrected chi connectivity index (χ3v) is 6.05. The first-order valence-corrected chi connectivity index (χ1v) is 9.66. The molecule has 5 rings (SSSR count). The van der Waals surface area contributed by atoms with Gasteiger partial charge in [0.15, 0.2) is 11.5 Å². The molecule has 0 N–H and O–H groups in total.